The summed E-state index contributed by atoms with van der Waals surface area (Å²) in [5.74, 6) is 0.978. The first-order chi connectivity index (χ1) is 12.2. The second-order valence-corrected chi connectivity index (χ2v) is 6.86. The van der Waals surface area contributed by atoms with Gasteiger partial charge in [-0.1, -0.05) is 28.9 Å². The summed E-state index contributed by atoms with van der Waals surface area (Å²) in [6.07, 6.45) is 6.48. The van der Waals surface area contributed by atoms with Crippen LogP contribution in [0.4, 0.5) is 0 Å². The maximum Gasteiger partial charge on any atom is 0.141 e. The van der Waals surface area contributed by atoms with Crippen molar-refractivity contribution >= 4 is 11.6 Å². The van der Waals surface area contributed by atoms with Crippen molar-refractivity contribution in [1.82, 2.24) is 15.0 Å². The molecule has 2 aromatic carbocycles. The zero-order valence-corrected chi connectivity index (χ0v) is 14.9. The summed E-state index contributed by atoms with van der Waals surface area (Å²) in [5, 5.41) is 9.19. The van der Waals surface area contributed by atoms with Crippen molar-refractivity contribution in [3.63, 3.8) is 0 Å². The summed E-state index contributed by atoms with van der Waals surface area (Å²) >= 11 is 5.94. The molecule has 0 N–H and O–H groups in total. The monoisotopic (exact) mass is 353 g/mol. The molecule has 0 aliphatic heterocycles. The average molecular weight is 354 g/mol. The SMILES string of the molecule is CC(Oc1cccc2c1CCCC2)c1cn(-c2ccc(Cl)cc2)nn1. The van der Waals surface area contributed by atoms with Crippen molar-refractivity contribution in [3.05, 3.63) is 70.5 Å². The van der Waals surface area contributed by atoms with Crippen LogP contribution in [0.3, 0.4) is 0 Å². The fourth-order valence-electron chi connectivity index (χ4n) is 3.29. The van der Waals surface area contributed by atoms with Crippen LogP contribution in [-0.2, 0) is 12.8 Å². The van der Waals surface area contributed by atoms with Crippen LogP contribution < -0.4 is 4.74 Å². The van der Waals surface area contributed by atoms with Gasteiger partial charge in [-0.2, -0.15) is 0 Å². The molecule has 1 aliphatic rings. The molecule has 1 aromatic heterocycles. The van der Waals surface area contributed by atoms with Gasteiger partial charge in [-0.05, 0) is 74.1 Å². The largest absolute Gasteiger partial charge is 0.484 e. The minimum Gasteiger partial charge on any atom is -0.484 e. The molecule has 1 unspecified atom stereocenters. The fourth-order valence-corrected chi connectivity index (χ4v) is 3.42. The molecular weight excluding hydrogens is 334 g/mol. The van der Waals surface area contributed by atoms with Crippen LogP contribution in [0, 0.1) is 0 Å². The van der Waals surface area contributed by atoms with E-state index < -0.39 is 0 Å². The molecule has 4 nitrogen and oxygen atoms in total. The molecule has 0 bridgehead atoms. The fraction of sp³-hybridized carbons (Fsp3) is 0.300. The van der Waals surface area contributed by atoms with Gasteiger partial charge in [0.2, 0.25) is 0 Å². The number of hydrogen-bond donors (Lipinski definition) is 0. The van der Waals surface area contributed by atoms with Crippen LogP contribution in [0.1, 0.15) is 42.7 Å². The van der Waals surface area contributed by atoms with E-state index in [1.807, 2.05) is 37.4 Å². The van der Waals surface area contributed by atoms with Gasteiger partial charge in [-0.25, -0.2) is 4.68 Å². The molecule has 5 heteroatoms. The third-order valence-corrected chi connectivity index (χ3v) is 4.93. The Morgan fingerprint density at radius 2 is 1.88 bits per heavy atom. The normalized spacial score (nSPS) is 14.8. The van der Waals surface area contributed by atoms with Crippen LogP contribution in [0.25, 0.3) is 5.69 Å². The lowest BCUT2D eigenvalue weighted by molar-refractivity contribution is 0.218. The molecule has 1 atom stereocenters. The number of aromatic nitrogens is 3. The average Bonchev–Trinajstić information content (AvgIpc) is 3.13. The Bertz CT molecular complexity index is 873. The van der Waals surface area contributed by atoms with Gasteiger partial charge in [-0.15, -0.1) is 5.10 Å². The van der Waals surface area contributed by atoms with E-state index in [0.29, 0.717) is 5.02 Å². The highest BCUT2D eigenvalue weighted by atomic mass is 35.5. The summed E-state index contributed by atoms with van der Waals surface area (Å²) < 4.78 is 7.97. The first kappa shape index (κ1) is 16.2. The lowest BCUT2D eigenvalue weighted by Crippen LogP contribution is -2.09. The summed E-state index contributed by atoms with van der Waals surface area (Å²) in [4.78, 5) is 0. The number of halogens is 1. The number of ether oxygens (including phenoxy) is 1. The highest BCUT2D eigenvalue weighted by Crippen LogP contribution is 2.32. The molecule has 0 saturated heterocycles. The highest BCUT2D eigenvalue weighted by Gasteiger charge is 2.18. The molecule has 0 saturated carbocycles. The molecule has 25 heavy (non-hydrogen) atoms. The minimum absolute atomic E-state index is 0.158. The maximum atomic E-state index is 6.23. The standard InChI is InChI=1S/C20H20ClN3O/c1-14(25-20-8-4-6-15-5-2-3-7-18(15)20)19-13-24(23-22-19)17-11-9-16(21)10-12-17/h4,6,8-14H,2-3,5,7H2,1H3. The van der Waals surface area contributed by atoms with Crippen molar-refractivity contribution in [3.8, 4) is 11.4 Å². The van der Waals surface area contributed by atoms with Crippen LogP contribution >= 0.6 is 11.6 Å². The van der Waals surface area contributed by atoms with Crippen molar-refractivity contribution in [1.29, 1.82) is 0 Å². The van der Waals surface area contributed by atoms with Gasteiger partial charge < -0.3 is 4.74 Å². The van der Waals surface area contributed by atoms with Crippen molar-refractivity contribution in [2.24, 2.45) is 0 Å². The number of rotatable bonds is 4. The first-order valence-corrected chi connectivity index (χ1v) is 9.04. The maximum absolute atomic E-state index is 6.23. The van der Waals surface area contributed by atoms with Gasteiger partial charge >= 0.3 is 0 Å². The van der Waals surface area contributed by atoms with Gasteiger partial charge in [-0.3, -0.25) is 0 Å². The summed E-state index contributed by atoms with van der Waals surface area (Å²) in [6.45, 7) is 2.01. The van der Waals surface area contributed by atoms with E-state index in [2.05, 4.69) is 28.5 Å². The topological polar surface area (TPSA) is 39.9 Å². The number of aryl methyl sites for hydroxylation is 1. The minimum atomic E-state index is -0.158. The van der Waals surface area contributed by atoms with Gasteiger partial charge in [0, 0.05) is 5.02 Å². The Balaban J connectivity index is 1.54. The zero-order chi connectivity index (χ0) is 17.2. The van der Waals surface area contributed by atoms with Crippen LogP contribution in [-0.4, -0.2) is 15.0 Å². The molecule has 1 heterocycles. The molecule has 3 aromatic rings. The van der Waals surface area contributed by atoms with E-state index in [0.717, 1.165) is 30.0 Å². The summed E-state index contributed by atoms with van der Waals surface area (Å²) in [7, 11) is 0. The van der Waals surface area contributed by atoms with Crippen LogP contribution in [0.15, 0.2) is 48.7 Å². The Kier molecular flexibility index (Phi) is 4.45. The van der Waals surface area contributed by atoms with Crippen LogP contribution in [0.5, 0.6) is 5.75 Å². The number of hydrogen-bond acceptors (Lipinski definition) is 3. The summed E-state index contributed by atoms with van der Waals surface area (Å²) in [6, 6.07) is 13.9. The predicted octanol–water partition coefficient (Wildman–Crippen LogP) is 4.94. The van der Waals surface area contributed by atoms with E-state index >= 15 is 0 Å². The van der Waals surface area contributed by atoms with Crippen molar-refractivity contribution < 1.29 is 4.74 Å². The lowest BCUT2D eigenvalue weighted by Gasteiger charge is -2.21. The van der Waals surface area contributed by atoms with Crippen molar-refractivity contribution in [2.75, 3.05) is 0 Å². The Morgan fingerprint density at radius 1 is 1.08 bits per heavy atom. The van der Waals surface area contributed by atoms with Gasteiger partial charge in [0.15, 0.2) is 0 Å². The van der Waals surface area contributed by atoms with E-state index in [9.17, 15) is 0 Å². The molecule has 128 valence electrons. The second-order valence-electron chi connectivity index (χ2n) is 6.43. The van der Waals surface area contributed by atoms with E-state index in [1.165, 1.54) is 24.0 Å². The second kappa shape index (κ2) is 6.89. The molecule has 0 radical (unpaired) electrons. The first-order valence-electron chi connectivity index (χ1n) is 8.66. The third-order valence-electron chi connectivity index (χ3n) is 4.68. The quantitative estimate of drug-likeness (QED) is 0.667. The summed E-state index contributed by atoms with van der Waals surface area (Å²) in [5.41, 5.74) is 4.50. The van der Waals surface area contributed by atoms with Gasteiger partial charge in [0.1, 0.15) is 17.5 Å². The predicted molar refractivity (Wildman–Crippen MR) is 98.5 cm³/mol. The van der Waals surface area contributed by atoms with E-state index in [1.54, 1.807) is 4.68 Å². The third kappa shape index (κ3) is 3.40. The molecule has 0 amide bonds. The van der Waals surface area contributed by atoms with Gasteiger partial charge in [0.05, 0.1) is 11.9 Å². The van der Waals surface area contributed by atoms with Crippen molar-refractivity contribution in [2.45, 2.75) is 38.7 Å². The number of benzene rings is 2. The molecule has 0 fully saturated rings. The smallest absolute Gasteiger partial charge is 0.141 e. The molecule has 0 spiro atoms. The number of nitrogens with zero attached hydrogens (tertiary/aromatic N) is 3. The van der Waals surface area contributed by atoms with Gasteiger partial charge in [0.25, 0.3) is 0 Å². The highest BCUT2D eigenvalue weighted by molar-refractivity contribution is 6.30. The molecule has 4 rings (SSSR count). The Labute approximate surface area is 152 Å². The number of fused-ring (bicyclic) bond motifs is 1. The Morgan fingerprint density at radius 3 is 2.72 bits per heavy atom. The zero-order valence-electron chi connectivity index (χ0n) is 14.2. The molecular formula is C20H20ClN3O. The van der Waals surface area contributed by atoms with E-state index in [-0.39, 0.29) is 6.10 Å². The van der Waals surface area contributed by atoms with E-state index in [4.69, 9.17) is 16.3 Å². The Hall–Kier alpha value is -2.33. The van der Waals surface area contributed by atoms with Crippen LogP contribution in [0.2, 0.25) is 5.02 Å². The molecule has 1 aliphatic carbocycles. The lowest BCUT2D eigenvalue weighted by atomic mass is 9.91.